The molecule has 106 valence electrons. The van der Waals surface area contributed by atoms with Crippen molar-refractivity contribution in [3.05, 3.63) is 0 Å². The number of nitrogens with zero attached hydrogens (tertiary/aromatic N) is 1. The summed E-state index contributed by atoms with van der Waals surface area (Å²) in [5.74, 6) is 0. The van der Waals surface area contributed by atoms with E-state index >= 15 is 0 Å². The molecule has 2 atom stereocenters. The van der Waals surface area contributed by atoms with Crippen molar-refractivity contribution in [2.24, 2.45) is 10.4 Å². The van der Waals surface area contributed by atoms with Crippen LogP contribution in [0.15, 0.2) is 4.99 Å². The Bertz CT molecular complexity index is 294. The van der Waals surface area contributed by atoms with Crippen LogP contribution in [0.1, 0.15) is 41.5 Å². The first-order valence-electron chi connectivity index (χ1n) is 6.64. The molecule has 3 N–H and O–H groups in total. The largest absolute Gasteiger partial charge is 0.309 e. The predicted octanol–water partition coefficient (Wildman–Crippen LogP) is 2.10. The van der Waals surface area contributed by atoms with Gasteiger partial charge < -0.3 is 16.0 Å². The summed E-state index contributed by atoms with van der Waals surface area (Å²) in [7, 11) is 1.83. The van der Waals surface area contributed by atoms with Gasteiger partial charge in [0, 0.05) is 43.6 Å². The average molecular weight is 254 g/mol. The maximum Gasteiger partial charge on any atom is 0.0419 e. The lowest BCUT2D eigenvalue weighted by atomic mass is 9.92. The molecule has 18 heavy (non-hydrogen) atoms. The van der Waals surface area contributed by atoms with Crippen LogP contribution in [-0.2, 0) is 0 Å². The van der Waals surface area contributed by atoms with E-state index in [1.54, 1.807) is 0 Å². The molecule has 4 heteroatoms. The fourth-order valence-electron chi connectivity index (χ4n) is 1.42. The molecule has 0 aliphatic heterocycles. The standard InChI is InChI=1S/C14H30N4/c1-10(15)11(2)17-8-14(5,6)9-18-13(4)12(3)16-7/h11,13,15,17-18H,8-9H2,1-7H3/b15-10?,16-12+/t11-,13-/m0/s1. The zero-order chi connectivity index (χ0) is 14.3. The zero-order valence-corrected chi connectivity index (χ0v) is 13.0. The summed E-state index contributed by atoms with van der Waals surface area (Å²) >= 11 is 0. The van der Waals surface area contributed by atoms with Gasteiger partial charge in [-0.1, -0.05) is 13.8 Å². The van der Waals surface area contributed by atoms with Gasteiger partial charge in [-0.2, -0.15) is 0 Å². The van der Waals surface area contributed by atoms with E-state index in [9.17, 15) is 0 Å². The molecule has 0 heterocycles. The molecular weight excluding hydrogens is 224 g/mol. The molecule has 0 aliphatic carbocycles. The van der Waals surface area contributed by atoms with E-state index in [-0.39, 0.29) is 11.5 Å². The normalized spacial score (nSPS) is 16.5. The van der Waals surface area contributed by atoms with Gasteiger partial charge in [-0.3, -0.25) is 4.99 Å². The Balaban J connectivity index is 4.12. The van der Waals surface area contributed by atoms with E-state index in [0.29, 0.717) is 11.8 Å². The Hall–Kier alpha value is -0.740. The second-order valence-corrected chi connectivity index (χ2v) is 5.92. The number of hydrogen-bond acceptors (Lipinski definition) is 4. The van der Waals surface area contributed by atoms with Crippen LogP contribution in [0.4, 0.5) is 0 Å². The van der Waals surface area contributed by atoms with Gasteiger partial charge in [0.2, 0.25) is 0 Å². The Labute approximate surface area is 112 Å². The van der Waals surface area contributed by atoms with Crippen LogP contribution >= 0.6 is 0 Å². The van der Waals surface area contributed by atoms with Crippen LogP contribution < -0.4 is 10.6 Å². The molecule has 4 nitrogen and oxygen atoms in total. The van der Waals surface area contributed by atoms with Gasteiger partial charge in [0.15, 0.2) is 0 Å². The first-order chi connectivity index (χ1) is 8.19. The zero-order valence-electron chi connectivity index (χ0n) is 13.0. The molecule has 0 bridgehead atoms. The van der Waals surface area contributed by atoms with E-state index < -0.39 is 0 Å². The molecular formula is C14H30N4. The van der Waals surface area contributed by atoms with Crippen LogP contribution in [0.2, 0.25) is 0 Å². The number of nitrogens with one attached hydrogen (secondary N) is 3. The highest BCUT2D eigenvalue weighted by molar-refractivity contribution is 5.86. The molecule has 0 aromatic carbocycles. The van der Waals surface area contributed by atoms with Crippen LogP contribution in [0.25, 0.3) is 0 Å². The Morgan fingerprint density at radius 2 is 1.56 bits per heavy atom. The topological polar surface area (TPSA) is 60.3 Å². The summed E-state index contributed by atoms with van der Waals surface area (Å²) in [5, 5.41) is 14.5. The fraction of sp³-hybridized carbons (Fsp3) is 0.857. The number of aliphatic imine (C=N–C) groups is 1. The highest BCUT2D eigenvalue weighted by Gasteiger charge is 2.20. The second kappa shape index (κ2) is 7.64. The van der Waals surface area contributed by atoms with Crippen molar-refractivity contribution in [2.75, 3.05) is 20.1 Å². The maximum absolute atomic E-state index is 7.57. The van der Waals surface area contributed by atoms with Crippen LogP contribution in [-0.4, -0.2) is 43.6 Å². The first kappa shape index (κ1) is 17.3. The monoisotopic (exact) mass is 254 g/mol. The smallest absolute Gasteiger partial charge is 0.0419 e. The van der Waals surface area contributed by atoms with E-state index in [1.807, 2.05) is 27.8 Å². The molecule has 0 spiro atoms. The van der Waals surface area contributed by atoms with Crippen LogP contribution in [0.5, 0.6) is 0 Å². The third kappa shape index (κ3) is 6.87. The Morgan fingerprint density at radius 3 is 1.94 bits per heavy atom. The highest BCUT2D eigenvalue weighted by atomic mass is 15.0. The molecule has 0 fully saturated rings. The minimum Gasteiger partial charge on any atom is -0.309 e. The van der Waals surface area contributed by atoms with Crippen molar-refractivity contribution in [3.63, 3.8) is 0 Å². The molecule has 0 saturated carbocycles. The minimum atomic E-state index is 0.153. The maximum atomic E-state index is 7.57. The Kier molecular flexibility index (Phi) is 7.33. The average Bonchev–Trinajstić information content (AvgIpc) is 2.31. The quantitative estimate of drug-likeness (QED) is 0.581. The second-order valence-electron chi connectivity index (χ2n) is 5.92. The third-order valence-electron chi connectivity index (χ3n) is 3.40. The fourth-order valence-corrected chi connectivity index (χ4v) is 1.42. The van der Waals surface area contributed by atoms with Crippen molar-refractivity contribution in [1.29, 1.82) is 5.41 Å². The van der Waals surface area contributed by atoms with Crippen LogP contribution in [0.3, 0.4) is 0 Å². The van der Waals surface area contributed by atoms with E-state index in [4.69, 9.17) is 5.41 Å². The van der Waals surface area contributed by atoms with Crippen molar-refractivity contribution < 1.29 is 0 Å². The van der Waals surface area contributed by atoms with Crippen molar-refractivity contribution >= 4 is 11.4 Å². The number of rotatable bonds is 8. The highest BCUT2D eigenvalue weighted by Crippen LogP contribution is 2.12. The molecule has 0 aliphatic rings. The first-order valence-corrected chi connectivity index (χ1v) is 6.64. The van der Waals surface area contributed by atoms with Crippen molar-refractivity contribution in [2.45, 2.75) is 53.6 Å². The summed E-state index contributed by atoms with van der Waals surface area (Å²) in [6.45, 7) is 14.3. The Morgan fingerprint density at radius 1 is 1.11 bits per heavy atom. The minimum absolute atomic E-state index is 0.153. The van der Waals surface area contributed by atoms with E-state index in [2.05, 4.69) is 36.4 Å². The summed E-state index contributed by atoms with van der Waals surface area (Å²) < 4.78 is 0. The van der Waals surface area contributed by atoms with Gasteiger partial charge in [0.05, 0.1) is 0 Å². The van der Waals surface area contributed by atoms with E-state index in [1.165, 1.54) is 0 Å². The van der Waals surface area contributed by atoms with Gasteiger partial charge in [-0.15, -0.1) is 0 Å². The van der Waals surface area contributed by atoms with Crippen LogP contribution in [0, 0.1) is 10.8 Å². The number of hydrogen-bond donors (Lipinski definition) is 3. The predicted molar refractivity (Wildman–Crippen MR) is 81.1 cm³/mol. The lowest BCUT2D eigenvalue weighted by Crippen LogP contribution is -2.46. The molecule has 0 saturated heterocycles. The SMILES string of the molecule is C/N=C(\C)[C@H](C)NCC(C)(C)CN[C@@H](C)C(C)=N. The van der Waals surface area contributed by atoms with Gasteiger partial charge in [-0.05, 0) is 33.1 Å². The van der Waals surface area contributed by atoms with Gasteiger partial charge in [0.1, 0.15) is 0 Å². The molecule has 0 radical (unpaired) electrons. The summed E-state index contributed by atoms with van der Waals surface area (Å²) in [6.07, 6.45) is 0. The molecule has 0 unspecified atom stereocenters. The summed E-state index contributed by atoms with van der Waals surface area (Å²) in [5.41, 5.74) is 1.97. The molecule has 0 rings (SSSR count). The van der Waals surface area contributed by atoms with Gasteiger partial charge in [0.25, 0.3) is 0 Å². The van der Waals surface area contributed by atoms with Gasteiger partial charge in [-0.25, -0.2) is 0 Å². The third-order valence-corrected chi connectivity index (χ3v) is 3.40. The molecule has 0 aromatic heterocycles. The lowest BCUT2D eigenvalue weighted by molar-refractivity contribution is 0.314. The van der Waals surface area contributed by atoms with Crippen molar-refractivity contribution in [1.82, 2.24) is 10.6 Å². The van der Waals surface area contributed by atoms with Crippen molar-refractivity contribution in [3.8, 4) is 0 Å². The molecule has 0 aromatic rings. The van der Waals surface area contributed by atoms with E-state index in [0.717, 1.165) is 18.8 Å². The van der Waals surface area contributed by atoms with Gasteiger partial charge >= 0.3 is 0 Å². The summed E-state index contributed by atoms with van der Waals surface area (Å²) in [6, 6.07) is 0.469. The lowest BCUT2D eigenvalue weighted by Gasteiger charge is -2.29. The molecule has 0 amide bonds. The summed E-state index contributed by atoms with van der Waals surface area (Å²) in [4.78, 5) is 4.20.